The van der Waals surface area contributed by atoms with Crippen LogP contribution < -0.4 is 20.3 Å². The van der Waals surface area contributed by atoms with E-state index in [9.17, 15) is 0 Å². The molecule has 0 aromatic heterocycles. The van der Waals surface area contributed by atoms with E-state index >= 15 is 0 Å². The van der Waals surface area contributed by atoms with E-state index < -0.39 is 0 Å². The van der Waals surface area contributed by atoms with Gasteiger partial charge in [-0.1, -0.05) is 0 Å². The van der Waals surface area contributed by atoms with E-state index in [0.29, 0.717) is 5.11 Å². The minimum Gasteiger partial charge on any atom is -0.497 e. The number of hydrogen-bond donors (Lipinski definition) is 2. The van der Waals surface area contributed by atoms with Crippen molar-refractivity contribution in [1.29, 1.82) is 0 Å². The van der Waals surface area contributed by atoms with Crippen LogP contribution in [-0.2, 0) is 0 Å². The number of nitrogens with one attached hydrogen (secondary N) is 2. The van der Waals surface area contributed by atoms with Crippen LogP contribution >= 0.6 is 12.2 Å². The van der Waals surface area contributed by atoms with Gasteiger partial charge in [-0.2, -0.15) is 10.2 Å². The number of ether oxygens (including phenoxy) is 2. The third-order valence-corrected chi connectivity index (χ3v) is 3.17. The number of rotatable bonds is 6. The van der Waals surface area contributed by atoms with Crippen molar-refractivity contribution in [2.45, 2.75) is 0 Å². The van der Waals surface area contributed by atoms with Gasteiger partial charge in [0, 0.05) is 0 Å². The zero-order valence-corrected chi connectivity index (χ0v) is 14.2. The van der Waals surface area contributed by atoms with Gasteiger partial charge in [-0.3, -0.25) is 10.9 Å². The van der Waals surface area contributed by atoms with Crippen molar-refractivity contribution in [3.05, 3.63) is 59.7 Å². The maximum atomic E-state index is 5.09. The Bertz CT molecular complexity index is 651. The SMILES string of the molecule is COc1ccc(C=NNC(=S)N/N=C/c2ccc(OC)cc2)cc1. The molecule has 2 aromatic carbocycles. The van der Waals surface area contributed by atoms with E-state index in [-0.39, 0.29) is 0 Å². The molecule has 0 bridgehead atoms. The zero-order valence-electron chi connectivity index (χ0n) is 13.4. The molecule has 6 nitrogen and oxygen atoms in total. The fourth-order valence-corrected chi connectivity index (χ4v) is 1.84. The normalized spacial score (nSPS) is 10.8. The van der Waals surface area contributed by atoms with Crippen LogP contribution in [0, 0.1) is 0 Å². The highest BCUT2D eigenvalue weighted by Gasteiger charge is 1.93. The number of hydrazone groups is 2. The molecule has 0 saturated carbocycles. The molecule has 0 unspecified atom stereocenters. The van der Waals surface area contributed by atoms with Crippen LogP contribution in [0.5, 0.6) is 11.5 Å². The van der Waals surface area contributed by atoms with Crippen LogP contribution in [0.2, 0.25) is 0 Å². The predicted molar refractivity (Wildman–Crippen MR) is 100 cm³/mol. The Hall–Kier alpha value is -2.93. The summed E-state index contributed by atoms with van der Waals surface area (Å²) < 4.78 is 10.2. The molecule has 0 saturated heterocycles. The Balaban J connectivity index is 1.77. The molecule has 0 aliphatic rings. The summed E-state index contributed by atoms with van der Waals surface area (Å²) in [6.07, 6.45) is 3.31. The summed E-state index contributed by atoms with van der Waals surface area (Å²) in [6, 6.07) is 15.0. The van der Waals surface area contributed by atoms with E-state index in [0.717, 1.165) is 22.6 Å². The van der Waals surface area contributed by atoms with Gasteiger partial charge in [-0.15, -0.1) is 0 Å². The van der Waals surface area contributed by atoms with E-state index in [1.807, 2.05) is 48.5 Å². The Labute approximate surface area is 146 Å². The summed E-state index contributed by atoms with van der Waals surface area (Å²) in [4.78, 5) is 0. The maximum absolute atomic E-state index is 5.09. The van der Waals surface area contributed by atoms with Crippen LogP contribution in [0.3, 0.4) is 0 Å². The van der Waals surface area contributed by atoms with Crippen molar-refractivity contribution in [2.24, 2.45) is 10.2 Å². The summed E-state index contributed by atoms with van der Waals surface area (Å²) in [7, 11) is 3.25. The minimum atomic E-state index is 0.296. The highest BCUT2D eigenvalue weighted by atomic mass is 32.1. The molecule has 0 spiro atoms. The fraction of sp³-hybridized carbons (Fsp3) is 0.118. The average molecular weight is 342 g/mol. The lowest BCUT2D eigenvalue weighted by atomic mass is 10.2. The van der Waals surface area contributed by atoms with Crippen molar-refractivity contribution >= 4 is 29.8 Å². The van der Waals surface area contributed by atoms with Crippen molar-refractivity contribution in [2.75, 3.05) is 14.2 Å². The molecule has 0 aliphatic heterocycles. The summed E-state index contributed by atoms with van der Waals surface area (Å²) >= 11 is 5.07. The predicted octanol–water partition coefficient (Wildman–Crippen LogP) is 2.54. The largest absolute Gasteiger partial charge is 0.497 e. The van der Waals surface area contributed by atoms with Gasteiger partial charge in [-0.25, -0.2) is 0 Å². The van der Waals surface area contributed by atoms with Gasteiger partial charge in [-0.05, 0) is 71.9 Å². The second-order valence-electron chi connectivity index (χ2n) is 4.62. The highest BCUT2D eigenvalue weighted by Crippen LogP contribution is 2.10. The quantitative estimate of drug-likeness (QED) is 0.480. The molecule has 0 atom stereocenters. The standard InChI is InChI=1S/C17H18N4O2S/c1-22-15-7-3-13(4-8-15)11-18-20-17(24)21-19-12-14-5-9-16(23-2)10-6-14/h3-12H,1-2H3,(H2,20,21,24)/b18-11+,19-12?. The lowest BCUT2D eigenvalue weighted by Gasteiger charge is -2.02. The monoisotopic (exact) mass is 342 g/mol. The summed E-state index contributed by atoms with van der Waals surface area (Å²) in [5.41, 5.74) is 7.23. The van der Waals surface area contributed by atoms with Gasteiger partial charge in [0.05, 0.1) is 26.6 Å². The minimum absolute atomic E-state index is 0.296. The molecule has 124 valence electrons. The van der Waals surface area contributed by atoms with Crippen LogP contribution in [0.25, 0.3) is 0 Å². The summed E-state index contributed by atoms with van der Waals surface area (Å²) in [5, 5.41) is 8.37. The van der Waals surface area contributed by atoms with Crippen LogP contribution in [0.4, 0.5) is 0 Å². The first-order valence-corrected chi connectivity index (χ1v) is 7.52. The number of nitrogens with zero attached hydrogens (tertiary/aromatic N) is 2. The molecule has 0 aliphatic carbocycles. The van der Waals surface area contributed by atoms with Gasteiger partial charge in [0.15, 0.2) is 0 Å². The van der Waals surface area contributed by atoms with Crippen LogP contribution in [0.15, 0.2) is 58.7 Å². The lowest BCUT2D eigenvalue weighted by molar-refractivity contribution is 0.414. The number of methoxy groups -OCH3 is 2. The highest BCUT2D eigenvalue weighted by molar-refractivity contribution is 7.80. The molecule has 0 radical (unpaired) electrons. The Morgan fingerprint density at radius 3 is 1.50 bits per heavy atom. The molecule has 0 fully saturated rings. The van der Waals surface area contributed by atoms with Crippen molar-refractivity contribution < 1.29 is 9.47 Å². The molecular formula is C17H18N4O2S. The first-order chi connectivity index (χ1) is 11.7. The maximum Gasteiger partial charge on any atom is 0.207 e. The van der Waals surface area contributed by atoms with Crippen LogP contribution in [-0.4, -0.2) is 31.8 Å². The topological polar surface area (TPSA) is 67.2 Å². The molecule has 0 amide bonds. The average Bonchev–Trinajstić information content (AvgIpc) is 2.63. The second-order valence-corrected chi connectivity index (χ2v) is 5.02. The van der Waals surface area contributed by atoms with E-state index in [4.69, 9.17) is 21.7 Å². The smallest absolute Gasteiger partial charge is 0.207 e. The van der Waals surface area contributed by atoms with Crippen molar-refractivity contribution in [1.82, 2.24) is 10.9 Å². The zero-order chi connectivity index (χ0) is 17.2. The molecule has 2 N–H and O–H groups in total. The van der Waals surface area contributed by atoms with Crippen molar-refractivity contribution in [3.63, 3.8) is 0 Å². The number of thiocarbonyl (C=S) groups is 1. The Morgan fingerprint density at radius 2 is 1.17 bits per heavy atom. The third-order valence-electron chi connectivity index (χ3n) is 2.99. The van der Waals surface area contributed by atoms with Crippen molar-refractivity contribution in [3.8, 4) is 11.5 Å². The summed E-state index contributed by atoms with van der Waals surface area (Å²) in [5.74, 6) is 1.59. The van der Waals surface area contributed by atoms with Gasteiger partial charge in [0.1, 0.15) is 11.5 Å². The summed E-state index contributed by atoms with van der Waals surface area (Å²) in [6.45, 7) is 0. The van der Waals surface area contributed by atoms with E-state index in [2.05, 4.69) is 21.1 Å². The molecule has 2 aromatic rings. The van der Waals surface area contributed by atoms with E-state index in [1.165, 1.54) is 0 Å². The molecule has 7 heteroatoms. The van der Waals surface area contributed by atoms with E-state index in [1.54, 1.807) is 26.6 Å². The fourth-order valence-electron chi connectivity index (χ4n) is 1.74. The molecule has 24 heavy (non-hydrogen) atoms. The van der Waals surface area contributed by atoms with Gasteiger partial charge in [0.2, 0.25) is 5.11 Å². The Kier molecular flexibility index (Phi) is 6.73. The van der Waals surface area contributed by atoms with Gasteiger partial charge >= 0.3 is 0 Å². The second kappa shape index (κ2) is 9.26. The van der Waals surface area contributed by atoms with Gasteiger partial charge in [0.25, 0.3) is 0 Å². The first-order valence-electron chi connectivity index (χ1n) is 7.11. The third kappa shape index (κ3) is 5.69. The number of hydrogen-bond acceptors (Lipinski definition) is 5. The lowest BCUT2D eigenvalue weighted by Crippen LogP contribution is -2.28. The molecular weight excluding hydrogens is 324 g/mol. The molecule has 0 heterocycles. The number of benzene rings is 2. The molecule has 2 rings (SSSR count). The first kappa shape index (κ1) is 17.4. The van der Waals surface area contributed by atoms with Crippen LogP contribution in [0.1, 0.15) is 11.1 Å². The Morgan fingerprint density at radius 1 is 0.792 bits per heavy atom. The van der Waals surface area contributed by atoms with Gasteiger partial charge < -0.3 is 9.47 Å².